The number of primary amides is 1. The van der Waals surface area contributed by atoms with Crippen LogP contribution in [0.4, 0.5) is 11.5 Å². The minimum Gasteiger partial charge on any atom is -0.366 e. The maximum absolute atomic E-state index is 11.2. The van der Waals surface area contributed by atoms with Gasteiger partial charge in [0.15, 0.2) is 5.65 Å². The lowest BCUT2D eigenvalue weighted by Crippen LogP contribution is -2.10. The van der Waals surface area contributed by atoms with E-state index in [9.17, 15) is 4.79 Å². The molecular weight excluding hydrogens is 338 g/mol. The van der Waals surface area contributed by atoms with Crippen LogP contribution < -0.4 is 11.1 Å². The second kappa shape index (κ2) is 6.57. The van der Waals surface area contributed by atoms with Crippen LogP contribution in [-0.2, 0) is 0 Å². The molecule has 6 heteroatoms. The SMILES string of the molecule is Cc1cc(Nc2ccc(C(N)=O)cc2)n2nc(C)c(-c3ccccc3)c2n1. The summed E-state index contributed by atoms with van der Waals surface area (Å²) in [5.74, 6) is 0.355. The highest BCUT2D eigenvalue weighted by Crippen LogP contribution is 2.29. The topological polar surface area (TPSA) is 85.3 Å². The average Bonchev–Trinajstić information content (AvgIpc) is 2.99. The lowest BCUT2D eigenvalue weighted by molar-refractivity contribution is 0.100. The zero-order valence-corrected chi connectivity index (χ0v) is 15.1. The van der Waals surface area contributed by atoms with Crippen LogP contribution in [0, 0.1) is 13.8 Å². The molecule has 0 saturated carbocycles. The number of aromatic nitrogens is 3. The van der Waals surface area contributed by atoms with Crippen LogP contribution in [0.25, 0.3) is 16.8 Å². The quantitative estimate of drug-likeness (QED) is 0.581. The first-order valence-corrected chi connectivity index (χ1v) is 8.62. The van der Waals surface area contributed by atoms with Crippen LogP contribution in [0.5, 0.6) is 0 Å². The molecule has 0 aliphatic heterocycles. The molecule has 3 N–H and O–H groups in total. The van der Waals surface area contributed by atoms with Gasteiger partial charge in [0.05, 0.1) is 5.69 Å². The molecule has 2 heterocycles. The summed E-state index contributed by atoms with van der Waals surface area (Å²) in [4.78, 5) is 16.0. The third-order valence-electron chi connectivity index (χ3n) is 4.40. The summed E-state index contributed by atoms with van der Waals surface area (Å²) in [6, 6.07) is 19.1. The number of aryl methyl sites for hydroxylation is 2. The minimum atomic E-state index is -0.445. The number of hydrogen-bond acceptors (Lipinski definition) is 4. The Morgan fingerprint density at radius 3 is 2.41 bits per heavy atom. The van der Waals surface area contributed by atoms with E-state index in [1.54, 1.807) is 12.1 Å². The van der Waals surface area contributed by atoms with Crippen molar-refractivity contribution >= 4 is 23.1 Å². The van der Waals surface area contributed by atoms with Gasteiger partial charge in [-0.25, -0.2) is 4.98 Å². The molecule has 0 aliphatic rings. The van der Waals surface area contributed by atoms with Crippen molar-refractivity contribution in [2.75, 3.05) is 5.32 Å². The van der Waals surface area contributed by atoms with E-state index in [0.717, 1.165) is 39.7 Å². The van der Waals surface area contributed by atoms with Crippen molar-refractivity contribution in [3.05, 3.63) is 77.6 Å². The Kier molecular flexibility index (Phi) is 4.08. The fourth-order valence-corrected chi connectivity index (χ4v) is 3.14. The zero-order chi connectivity index (χ0) is 19.0. The van der Waals surface area contributed by atoms with Gasteiger partial charge in [-0.05, 0) is 43.7 Å². The third kappa shape index (κ3) is 3.13. The summed E-state index contributed by atoms with van der Waals surface area (Å²) in [6.07, 6.45) is 0. The van der Waals surface area contributed by atoms with Crippen molar-refractivity contribution in [2.45, 2.75) is 13.8 Å². The Morgan fingerprint density at radius 1 is 1.04 bits per heavy atom. The van der Waals surface area contributed by atoms with E-state index < -0.39 is 5.91 Å². The van der Waals surface area contributed by atoms with Crippen LogP contribution in [-0.4, -0.2) is 20.5 Å². The van der Waals surface area contributed by atoms with Crippen molar-refractivity contribution in [3.8, 4) is 11.1 Å². The molecule has 4 rings (SSSR count). The van der Waals surface area contributed by atoms with Crippen LogP contribution in [0.2, 0.25) is 0 Å². The molecule has 2 aromatic carbocycles. The van der Waals surface area contributed by atoms with Crippen molar-refractivity contribution in [2.24, 2.45) is 5.73 Å². The molecule has 134 valence electrons. The highest BCUT2D eigenvalue weighted by molar-refractivity contribution is 5.93. The number of carbonyl (C=O) groups is 1. The molecule has 4 aromatic rings. The first-order chi connectivity index (χ1) is 13.0. The van der Waals surface area contributed by atoms with Crippen molar-refractivity contribution in [1.29, 1.82) is 0 Å². The number of anilines is 2. The monoisotopic (exact) mass is 357 g/mol. The van der Waals surface area contributed by atoms with Crippen molar-refractivity contribution in [1.82, 2.24) is 14.6 Å². The number of carbonyl (C=O) groups excluding carboxylic acids is 1. The molecule has 2 aromatic heterocycles. The predicted molar refractivity (Wildman–Crippen MR) is 106 cm³/mol. The Balaban J connectivity index is 1.81. The lowest BCUT2D eigenvalue weighted by atomic mass is 10.1. The number of fused-ring (bicyclic) bond motifs is 1. The number of nitrogens with zero attached hydrogens (tertiary/aromatic N) is 3. The number of nitrogens with one attached hydrogen (secondary N) is 1. The molecule has 0 bridgehead atoms. The van der Waals surface area contributed by atoms with E-state index in [4.69, 9.17) is 15.8 Å². The van der Waals surface area contributed by atoms with Gasteiger partial charge in [0.1, 0.15) is 5.82 Å². The van der Waals surface area contributed by atoms with E-state index in [1.807, 2.05) is 54.8 Å². The maximum Gasteiger partial charge on any atom is 0.248 e. The molecule has 0 aliphatic carbocycles. The maximum atomic E-state index is 11.2. The molecule has 0 atom stereocenters. The summed E-state index contributed by atoms with van der Waals surface area (Å²) >= 11 is 0. The van der Waals surface area contributed by atoms with Gasteiger partial charge < -0.3 is 11.1 Å². The van der Waals surface area contributed by atoms with E-state index in [-0.39, 0.29) is 0 Å². The van der Waals surface area contributed by atoms with Gasteiger partial charge in [0.2, 0.25) is 5.91 Å². The fourth-order valence-electron chi connectivity index (χ4n) is 3.14. The van der Waals surface area contributed by atoms with Gasteiger partial charge in [-0.2, -0.15) is 9.61 Å². The summed E-state index contributed by atoms with van der Waals surface area (Å²) in [5.41, 5.74) is 11.3. The van der Waals surface area contributed by atoms with Crippen LogP contribution >= 0.6 is 0 Å². The molecule has 6 nitrogen and oxygen atoms in total. The molecule has 1 amide bonds. The number of amides is 1. The summed E-state index contributed by atoms with van der Waals surface area (Å²) in [7, 11) is 0. The minimum absolute atomic E-state index is 0.445. The van der Waals surface area contributed by atoms with Gasteiger partial charge in [0, 0.05) is 28.6 Å². The fraction of sp³-hybridized carbons (Fsp3) is 0.0952. The average molecular weight is 357 g/mol. The normalized spacial score (nSPS) is 10.9. The van der Waals surface area contributed by atoms with Gasteiger partial charge in [-0.15, -0.1) is 0 Å². The van der Waals surface area contributed by atoms with Crippen LogP contribution in [0.3, 0.4) is 0 Å². The Morgan fingerprint density at radius 2 is 1.74 bits per heavy atom. The Hall–Kier alpha value is -3.67. The second-order valence-corrected chi connectivity index (χ2v) is 6.41. The molecular formula is C21H19N5O. The lowest BCUT2D eigenvalue weighted by Gasteiger charge is -2.10. The second-order valence-electron chi connectivity index (χ2n) is 6.41. The first-order valence-electron chi connectivity index (χ1n) is 8.62. The highest BCUT2D eigenvalue weighted by Gasteiger charge is 2.16. The summed E-state index contributed by atoms with van der Waals surface area (Å²) < 4.78 is 1.81. The highest BCUT2D eigenvalue weighted by atomic mass is 16.1. The van der Waals surface area contributed by atoms with E-state index in [1.165, 1.54) is 0 Å². The smallest absolute Gasteiger partial charge is 0.248 e. The van der Waals surface area contributed by atoms with Crippen LogP contribution in [0.1, 0.15) is 21.7 Å². The van der Waals surface area contributed by atoms with Gasteiger partial charge >= 0.3 is 0 Å². The molecule has 0 fully saturated rings. The number of benzene rings is 2. The number of hydrogen-bond donors (Lipinski definition) is 2. The van der Waals surface area contributed by atoms with Gasteiger partial charge in [-0.3, -0.25) is 4.79 Å². The predicted octanol–water partition coefficient (Wildman–Crippen LogP) is 3.86. The molecule has 0 spiro atoms. The van der Waals surface area contributed by atoms with Gasteiger partial charge in [0.25, 0.3) is 0 Å². The van der Waals surface area contributed by atoms with Crippen molar-refractivity contribution in [3.63, 3.8) is 0 Å². The molecule has 0 saturated heterocycles. The Bertz CT molecular complexity index is 1130. The summed E-state index contributed by atoms with van der Waals surface area (Å²) in [5, 5.41) is 8.04. The number of rotatable bonds is 4. The van der Waals surface area contributed by atoms with E-state index in [0.29, 0.717) is 5.56 Å². The standard InChI is InChI=1S/C21H19N5O/c1-13-12-18(24-17-10-8-16(9-11-17)20(22)27)26-21(23-13)19(14(2)25-26)15-6-4-3-5-7-15/h3-12,24H,1-2H3,(H2,22,27). The molecule has 0 radical (unpaired) electrons. The Labute approximate surface area is 156 Å². The zero-order valence-electron chi connectivity index (χ0n) is 15.1. The van der Waals surface area contributed by atoms with Gasteiger partial charge in [-0.1, -0.05) is 30.3 Å². The molecule has 27 heavy (non-hydrogen) atoms. The van der Waals surface area contributed by atoms with E-state index in [2.05, 4.69) is 17.4 Å². The summed E-state index contributed by atoms with van der Waals surface area (Å²) in [6.45, 7) is 3.94. The number of nitrogens with two attached hydrogens (primary N) is 1. The molecule has 0 unspecified atom stereocenters. The third-order valence-corrected chi connectivity index (χ3v) is 4.40. The van der Waals surface area contributed by atoms with Crippen LogP contribution in [0.15, 0.2) is 60.7 Å². The largest absolute Gasteiger partial charge is 0.366 e. The van der Waals surface area contributed by atoms with E-state index >= 15 is 0 Å². The van der Waals surface area contributed by atoms with Crippen molar-refractivity contribution < 1.29 is 4.79 Å². The first kappa shape index (κ1) is 16.8.